The highest BCUT2D eigenvalue weighted by Gasteiger charge is 2.18. The summed E-state index contributed by atoms with van der Waals surface area (Å²) in [6.07, 6.45) is 0.587. The molecule has 1 rings (SSSR count). The van der Waals surface area contributed by atoms with Crippen molar-refractivity contribution in [2.45, 2.75) is 52.3 Å². The molecule has 0 saturated carbocycles. The summed E-state index contributed by atoms with van der Waals surface area (Å²) in [5, 5.41) is 13.1. The SMILES string of the molecule is CCC(C)(O)COc1cc(F)cc(CNC(C)C)c1. The lowest BCUT2D eigenvalue weighted by Crippen LogP contribution is -2.31. The topological polar surface area (TPSA) is 41.5 Å². The Morgan fingerprint density at radius 3 is 2.63 bits per heavy atom. The minimum atomic E-state index is -0.886. The van der Waals surface area contributed by atoms with Crippen molar-refractivity contribution in [1.82, 2.24) is 5.32 Å². The molecule has 0 bridgehead atoms. The highest BCUT2D eigenvalue weighted by Crippen LogP contribution is 2.19. The number of hydrogen-bond acceptors (Lipinski definition) is 3. The minimum absolute atomic E-state index is 0.157. The van der Waals surface area contributed by atoms with E-state index in [-0.39, 0.29) is 12.4 Å². The molecule has 108 valence electrons. The van der Waals surface area contributed by atoms with Crippen molar-refractivity contribution in [3.05, 3.63) is 29.6 Å². The number of hydrogen-bond donors (Lipinski definition) is 2. The summed E-state index contributed by atoms with van der Waals surface area (Å²) < 4.78 is 19.0. The summed E-state index contributed by atoms with van der Waals surface area (Å²) in [7, 11) is 0. The summed E-state index contributed by atoms with van der Waals surface area (Å²) in [6.45, 7) is 8.41. The second kappa shape index (κ2) is 6.87. The van der Waals surface area contributed by atoms with Gasteiger partial charge in [-0.15, -0.1) is 0 Å². The predicted molar refractivity (Wildman–Crippen MR) is 74.8 cm³/mol. The van der Waals surface area contributed by atoms with Crippen molar-refractivity contribution in [1.29, 1.82) is 0 Å². The highest BCUT2D eigenvalue weighted by atomic mass is 19.1. The molecule has 0 aliphatic rings. The van der Waals surface area contributed by atoms with Gasteiger partial charge in [0.25, 0.3) is 0 Å². The molecule has 0 heterocycles. The van der Waals surface area contributed by atoms with Gasteiger partial charge in [-0.1, -0.05) is 20.8 Å². The predicted octanol–water partition coefficient (Wildman–Crippen LogP) is 2.86. The molecular formula is C15H24FNO2. The van der Waals surface area contributed by atoms with E-state index in [1.165, 1.54) is 12.1 Å². The minimum Gasteiger partial charge on any atom is -0.490 e. The maximum atomic E-state index is 13.5. The third-order valence-corrected chi connectivity index (χ3v) is 2.96. The van der Waals surface area contributed by atoms with E-state index in [2.05, 4.69) is 5.32 Å². The summed E-state index contributed by atoms with van der Waals surface area (Å²) in [5.74, 6) is 0.128. The van der Waals surface area contributed by atoms with Gasteiger partial charge in [0, 0.05) is 18.7 Å². The third kappa shape index (κ3) is 6.03. The standard InChI is InChI=1S/C15H24FNO2/c1-5-15(4,18)10-19-14-7-12(6-13(16)8-14)9-17-11(2)3/h6-8,11,17-18H,5,9-10H2,1-4H3. The lowest BCUT2D eigenvalue weighted by molar-refractivity contribution is 0.00834. The van der Waals surface area contributed by atoms with Gasteiger partial charge in [-0.2, -0.15) is 0 Å². The smallest absolute Gasteiger partial charge is 0.127 e. The Morgan fingerprint density at radius 1 is 1.37 bits per heavy atom. The van der Waals surface area contributed by atoms with Gasteiger partial charge < -0.3 is 15.2 Å². The Morgan fingerprint density at radius 2 is 2.05 bits per heavy atom. The zero-order chi connectivity index (χ0) is 14.5. The summed E-state index contributed by atoms with van der Waals surface area (Å²) in [5.41, 5.74) is -0.0531. The largest absolute Gasteiger partial charge is 0.490 e. The highest BCUT2D eigenvalue weighted by molar-refractivity contribution is 5.29. The second-order valence-corrected chi connectivity index (χ2v) is 5.47. The first-order valence-electron chi connectivity index (χ1n) is 6.70. The van der Waals surface area contributed by atoms with E-state index in [4.69, 9.17) is 4.74 Å². The van der Waals surface area contributed by atoms with E-state index in [1.807, 2.05) is 20.8 Å². The zero-order valence-electron chi connectivity index (χ0n) is 12.2. The average molecular weight is 269 g/mol. The van der Waals surface area contributed by atoms with Crippen LogP contribution in [0.25, 0.3) is 0 Å². The van der Waals surface area contributed by atoms with Crippen LogP contribution in [-0.4, -0.2) is 23.4 Å². The third-order valence-electron chi connectivity index (χ3n) is 2.96. The van der Waals surface area contributed by atoms with Gasteiger partial charge >= 0.3 is 0 Å². The van der Waals surface area contributed by atoms with E-state index in [1.54, 1.807) is 13.0 Å². The molecule has 4 heteroatoms. The normalized spacial score (nSPS) is 14.5. The molecular weight excluding hydrogens is 245 g/mol. The molecule has 0 aliphatic heterocycles. The van der Waals surface area contributed by atoms with Crippen LogP contribution in [0.15, 0.2) is 18.2 Å². The molecule has 0 aliphatic carbocycles. The summed E-state index contributed by atoms with van der Waals surface area (Å²) in [6, 6.07) is 4.96. The Kier molecular flexibility index (Phi) is 5.76. The molecule has 1 aromatic carbocycles. The molecule has 3 nitrogen and oxygen atoms in total. The number of benzene rings is 1. The number of aliphatic hydroxyl groups is 1. The maximum absolute atomic E-state index is 13.5. The summed E-state index contributed by atoms with van der Waals surface area (Å²) >= 11 is 0. The van der Waals surface area contributed by atoms with Crippen LogP contribution in [0.4, 0.5) is 4.39 Å². The molecule has 0 spiro atoms. The molecule has 1 aromatic rings. The van der Waals surface area contributed by atoms with Gasteiger partial charge in [0.05, 0.1) is 5.60 Å². The monoisotopic (exact) mass is 269 g/mol. The first-order valence-corrected chi connectivity index (χ1v) is 6.70. The van der Waals surface area contributed by atoms with Crippen molar-refractivity contribution in [2.75, 3.05) is 6.61 Å². The van der Waals surface area contributed by atoms with Crippen LogP contribution in [0.5, 0.6) is 5.75 Å². The van der Waals surface area contributed by atoms with Crippen LogP contribution in [0.3, 0.4) is 0 Å². The molecule has 0 amide bonds. The van der Waals surface area contributed by atoms with Crippen LogP contribution < -0.4 is 10.1 Å². The Bertz CT molecular complexity index is 405. The molecule has 1 atom stereocenters. The quantitative estimate of drug-likeness (QED) is 0.799. The molecule has 0 saturated heterocycles. The van der Waals surface area contributed by atoms with Gasteiger partial charge in [-0.3, -0.25) is 0 Å². The number of rotatable bonds is 7. The Labute approximate surface area is 114 Å². The lowest BCUT2D eigenvalue weighted by atomic mass is 10.1. The van der Waals surface area contributed by atoms with Gasteiger partial charge in [0.1, 0.15) is 18.2 Å². The molecule has 0 fully saturated rings. The molecule has 19 heavy (non-hydrogen) atoms. The van der Waals surface area contributed by atoms with E-state index >= 15 is 0 Å². The van der Waals surface area contributed by atoms with E-state index in [0.29, 0.717) is 24.8 Å². The van der Waals surface area contributed by atoms with E-state index < -0.39 is 5.60 Å². The number of nitrogens with one attached hydrogen (secondary N) is 1. The fourth-order valence-corrected chi connectivity index (χ4v) is 1.47. The van der Waals surface area contributed by atoms with Crippen LogP contribution in [0.2, 0.25) is 0 Å². The molecule has 0 radical (unpaired) electrons. The van der Waals surface area contributed by atoms with Gasteiger partial charge in [0.15, 0.2) is 0 Å². The first-order chi connectivity index (χ1) is 8.82. The number of ether oxygens (including phenoxy) is 1. The van der Waals surface area contributed by atoms with Crippen LogP contribution in [0, 0.1) is 5.82 Å². The molecule has 1 unspecified atom stereocenters. The molecule has 0 aromatic heterocycles. The Hall–Kier alpha value is -1.13. The van der Waals surface area contributed by atoms with E-state index in [9.17, 15) is 9.50 Å². The summed E-state index contributed by atoms with van der Waals surface area (Å²) in [4.78, 5) is 0. The van der Waals surface area contributed by atoms with Crippen molar-refractivity contribution < 1.29 is 14.2 Å². The van der Waals surface area contributed by atoms with Crippen molar-refractivity contribution in [2.24, 2.45) is 0 Å². The lowest BCUT2D eigenvalue weighted by Gasteiger charge is -2.21. The zero-order valence-corrected chi connectivity index (χ0v) is 12.2. The average Bonchev–Trinajstić information content (AvgIpc) is 2.34. The van der Waals surface area contributed by atoms with Gasteiger partial charge in [-0.05, 0) is 31.0 Å². The Balaban J connectivity index is 2.68. The van der Waals surface area contributed by atoms with Crippen LogP contribution in [-0.2, 0) is 6.54 Å². The molecule has 2 N–H and O–H groups in total. The maximum Gasteiger partial charge on any atom is 0.127 e. The number of halogens is 1. The first kappa shape index (κ1) is 15.9. The second-order valence-electron chi connectivity index (χ2n) is 5.47. The van der Waals surface area contributed by atoms with Crippen molar-refractivity contribution in [3.8, 4) is 5.75 Å². The van der Waals surface area contributed by atoms with Gasteiger partial charge in [-0.25, -0.2) is 4.39 Å². The van der Waals surface area contributed by atoms with Crippen LogP contribution >= 0.6 is 0 Å². The van der Waals surface area contributed by atoms with Crippen molar-refractivity contribution >= 4 is 0 Å². The van der Waals surface area contributed by atoms with Crippen LogP contribution in [0.1, 0.15) is 39.7 Å². The van der Waals surface area contributed by atoms with Crippen molar-refractivity contribution in [3.63, 3.8) is 0 Å². The fraction of sp³-hybridized carbons (Fsp3) is 0.600. The fourth-order valence-electron chi connectivity index (χ4n) is 1.47. The van der Waals surface area contributed by atoms with E-state index in [0.717, 1.165) is 5.56 Å². The van der Waals surface area contributed by atoms with Gasteiger partial charge in [0.2, 0.25) is 0 Å².